The quantitative estimate of drug-likeness (QED) is 0.432. The zero-order valence-corrected chi connectivity index (χ0v) is 10.00. The van der Waals surface area contributed by atoms with Crippen LogP contribution in [0.3, 0.4) is 0 Å². The van der Waals surface area contributed by atoms with Gasteiger partial charge in [-0.25, -0.2) is 8.42 Å². The van der Waals surface area contributed by atoms with Gasteiger partial charge in [0.05, 0.1) is 5.25 Å². The van der Waals surface area contributed by atoms with Gasteiger partial charge in [0, 0.05) is 17.1 Å². The molecule has 5 nitrogen and oxygen atoms in total. The Morgan fingerprint density at radius 2 is 2.07 bits per heavy atom. The summed E-state index contributed by atoms with van der Waals surface area (Å²) in [4.78, 5) is 10.2. The van der Waals surface area contributed by atoms with Crippen LogP contribution in [-0.4, -0.2) is 35.8 Å². The second-order valence-electron chi connectivity index (χ2n) is 3.76. The third-order valence-corrected chi connectivity index (χ3v) is 5.63. The Balaban J connectivity index is 2.79. The van der Waals surface area contributed by atoms with E-state index in [1.165, 1.54) is 0 Å². The summed E-state index contributed by atoms with van der Waals surface area (Å²) in [5.74, 6) is 0.0368. The Kier molecular flexibility index (Phi) is 3.94. The first kappa shape index (κ1) is 12.7. The number of rotatable bonds is 3. The first-order valence-electron chi connectivity index (χ1n) is 4.87. The summed E-state index contributed by atoms with van der Waals surface area (Å²) in [5.41, 5.74) is 0. The molecule has 0 N–H and O–H groups in total. The summed E-state index contributed by atoms with van der Waals surface area (Å²) in [6, 6.07) is -0.924. The molecule has 0 amide bonds. The van der Waals surface area contributed by atoms with Crippen LogP contribution in [0.2, 0.25) is 0 Å². The third-order valence-electron chi connectivity index (χ3n) is 2.87. The van der Waals surface area contributed by atoms with Crippen molar-refractivity contribution in [2.45, 2.75) is 42.9 Å². The Morgan fingerprint density at radius 1 is 1.47 bits per heavy atom. The van der Waals surface area contributed by atoms with Gasteiger partial charge in [-0.1, -0.05) is 6.92 Å². The maximum atomic E-state index is 11.6. The molecule has 3 atom stereocenters. The number of nitro groups is 1. The predicted molar refractivity (Wildman–Crippen MR) is 57.5 cm³/mol. The smallest absolute Gasteiger partial charge is 0.230 e. The van der Waals surface area contributed by atoms with Crippen LogP contribution in [0.4, 0.5) is 0 Å². The molecule has 0 aliphatic heterocycles. The molecule has 1 aliphatic rings. The number of alkyl halides is 1. The van der Waals surface area contributed by atoms with Gasteiger partial charge in [-0.3, -0.25) is 10.1 Å². The first-order valence-corrected chi connectivity index (χ1v) is 7.02. The van der Waals surface area contributed by atoms with Crippen LogP contribution in [0.25, 0.3) is 0 Å². The molecule has 1 fully saturated rings. The van der Waals surface area contributed by atoms with E-state index >= 15 is 0 Å². The fourth-order valence-corrected chi connectivity index (χ4v) is 3.63. The van der Waals surface area contributed by atoms with E-state index < -0.39 is 31.4 Å². The summed E-state index contributed by atoms with van der Waals surface area (Å²) >= 11 is 5.80. The molecule has 0 aromatic carbocycles. The van der Waals surface area contributed by atoms with Crippen LogP contribution in [0.1, 0.15) is 26.2 Å². The minimum atomic E-state index is -3.17. The van der Waals surface area contributed by atoms with Gasteiger partial charge >= 0.3 is 0 Å². The van der Waals surface area contributed by atoms with E-state index in [-0.39, 0.29) is 12.2 Å². The topological polar surface area (TPSA) is 77.3 Å². The molecule has 88 valence electrons. The molecule has 0 aromatic rings. The molecule has 1 rings (SSSR count). The van der Waals surface area contributed by atoms with Crippen molar-refractivity contribution in [2.24, 2.45) is 0 Å². The van der Waals surface area contributed by atoms with Crippen molar-refractivity contribution in [3.8, 4) is 0 Å². The summed E-state index contributed by atoms with van der Waals surface area (Å²) in [5, 5.41) is 9.52. The van der Waals surface area contributed by atoms with Crippen molar-refractivity contribution in [1.82, 2.24) is 0 Å². The average Bonchev–Trinajstić information content (AvgIpc) is 2.17. The number of hydrogen-bond donors (Lipinski definition) is 0. The van der Waals surface area contributed by atoms with E-state index in [4.69, 9.17) is 11.6 Å². The van der Waals surface area contributed by atoms with E-state index in [0.29, 0.717) is 12.8 Å². The van der Waals surface area contributed by atoms with Crippen LogP contribution in [0, 0.1) is 10.1 Å². The van der Waals surface area contributed by atoms with Crippen molar-refractivity contribution in [3.05, 3.63) is 10.1 Å². The van der Waals surface area contributed by atoms with Crippen molar-refractivity contribution in [1.29, 1.82) is 0 Å². The highest BCUT2D eigenvalue weighted by atomic mass is 35.5. The molecule has 7 heteroatoms. The molecule has 1 aliphatic carbocycles. The third kappa shape index (κ3) is 2.81. The zero-order valence-electron chi connectivity index (χ0n) is 8.43. The number of sulfone groups is 1. The summed E-state index contributed by atoms with van der Waals surface area (Å²) in [6.07, 6.45) is 0.892. The standard InChI is InChI=1S/C8H14ClNO4S/c1-2-15(13,14)6-3-4-7(9)8(5-6)10(11)12/h6-8H,2-5H2,1H3. The second kappa shape index (κ2) is 4.65. The first-order chi connectivity index (χ1) is 6.88. The summed E-state index contributed by atoms with van der Waals surface area (Å²) in [7, 11) is -3.17. The summed E-state index contributed by atoms with van der Waals surface area (Å²) < 4.78 is 23.1. The van der Waals surface area contributed by atoms with Crippen LogP contribution < -0.4 is 0 Å². The minimum absolute atomic E-state index is 0.0368. The minimum Gasteiger partial charge on any atom is -0.264 e. The highest BCUT2D eigenvalue weighted by Crippen LogP contribution is 2.29. The lowest BCUT2D eigenvalue weighted by atomic mass is 9.95. The van der Waals surface area contributed by atoms with Gasteiger partial charge in [-0.2, -0.15) is 0 Å². The second-order valence-corrected chi connectivity index (χ2v) is 6.89. The molecule has 15 heavy (non-hydrogen) atoms. The van der Waals surface area contributed by atoms with Gasteiger partial charge in [-0.05, 0) is 12.8 Å². The van der Waals surface area contributed by atoms with E-state index in [1.54, 1.807) is 6.92 Å². The largest absolute Gasteiger partial charge is 0.264 e. The van der Waals surface area contributed by atoms with E-state index in [9.17, 15) is 18.5 Å². The molecule has 1 saturated carbocycles. The average molecular weight is 256 g/mol. The molecule has 0 saturated heterocycles. The van der Waals surface area contributed by atoms with Crippen molar-refractivity contribution < 1.29 is 13.3 Å². The normalized spacial score (nSPS) is 32.5. The lowest BCUT2D eigenvalue weighted by molar-refractivity contribution is -0.524. The lowest BCUT2D eigenvalue weighted by Crippen LogP contribution is -2.41. The van der Waals surface area contributed by atoms with Crippen LogP contribution in [0.15, 0.2) is 0 Å². The Labute approximate surface area is 93.9 Å². The summed E-state index contributed by atoms with van der Waals surface area (Å²) in [6.45, 7) is 1.56. The molecular weight excluding hydrogens is 242 g/mol. The number of halogens is 1. The van der Waals surface area contributed by atoms with Crippen LogP contribution in [0.5, 0.6) is 0 Å². The molecule has 3 unspecified atom stereocenters. The number of hydrogen-bond acceptors (Lipinski definition) is 4. The molecule has 0 heterocycles. The molecular formula is C8H14ClNO4S. The predicted octanol–water partition coefficient (Wildman–Crippen LogP) is 1.23. The van der Waals surface area contributed by atoms with E-state index in [0.717, 1.165) is 0 Å². The highest BCUT2D eigenvalue weighted by Gasteiger charge is 2.41. The van der Waals surface area contributed by atoms with Gasteiger partial charge in [-0.15, -0.1) is 11.6 Å². The van der Waals surface area contributed by atoms with Gasteiger partial charge in [0.1, 0.15) is 5.38 Å². The Morgan fingerprint density at radius 3 is 2.53 bits per heavy atom. The van der Waals surface area contributed by atoms with Gasteiger partial charge in [0.25, 0.3) is 0 Å². The Hall–Kier alpha value is -0.360. The molecule has 0 spiro atoms. The monoisotopic (exact) mass is 255 g/mol. The van der Waals surface area contributed by atoms with E-state index in [2.05, 4.69) is 0 Å². The fraction of sp³-hybridized carbons (Fsp3) is 1.00. The molecule has 0 aromatic heterocycles. The van der Waals surface area contributed by atoms with Crippen molar-refractivity contribution in [2.75, 3.05) is 5.75 Å². The maximum Gasteiger partial charge on any atom is 0.230 e. The van der Waals surface area contributed by atoms with Crippen molar-refractivity contribution in [3.63, 3.8) is 0 Å². The number of nitrogens with zero attached hydrogens (tertiary/aromatic N) is 1. The lowest BCUT2D eigenvalue weighted by Gasteiger charge is -2.27. The molecule has 0 radical (unpaired) electrons. The van der Waals surface area contributed by atoms with Crippen LogP contribution >= 0.6 is 11.6 Å². The Bertz CT molecular complexity index is 343. The zero-order chi connectivity index (χ0) is 11.6. The van der Waals surface area contributed by atoms with Gasteiger partial charge in [0.15, 0.2) is 9.84 Å². The van der Waals surface area contributed by atoms with Crippen molar-refractivity contribution >= 4 is 21.4 Å². The molecule has 0 bridgehead atoms. The highest BCUT2D eigenvalue weighted by molar-refractivity contribution is 7.92. The van der Waals surface area contributed by atoms with Gasteiger partial charge < -0.3 is 0 Å². The van der Waals surface area contributed by atoms with E-state index in [1.807, 2.05) is 0 Å². The fourth-order valence-electron chi connectivity index (χ4n) is 1.85. The SMILES string of the molecule is CCS(=O)(=O)C1CCC(Cl)C([N+](=O)[O-])C1. The van der Waals surface area contributed by atoms with Gasteiger partial charge in [0.2, 0.25) is 6.04 Å². The van der Waals surface area contributed by atoms with Crippen LogP contribution in [-0.2, 0) is 9.84 Å². The maximum absolute atomic E-state index is 11.6.